The number of halogens is 3. The van der Waals surface area contributed by atoms with Gasteiger partial charge in [-0.25, -0.2) is 0 Å². The Kier molecular flexibility index (Phi) is 9.84. The molecule has 0 rings (SSSR count). The third-order valence-electron chi connectivity index (χ3n) is 1.16. The predicted octanol–water partition coefficient (Wildman–Crippen LogP) is -0.0567. The van der Waals surface area contributed by atoms with E-state index in [1.165, 1.54) is 0 Å². The van der Waals surface area contributed by atoms with Gasteiger partial charge in [0.2, 0.25) is 0 Å². The van der Waals surface area contributed by atoms with Gasteiger partial charge in [-0.3, -0.25) is 0 Å². The molecule has 1 unspecified atom stereocenters. The number of quaternary nitrogens is 1. The van der Waals surface area contributed by atoms with Gasteiger partial charge in [-0.1, -0.05) is 0 Å². The van der Waals surface area contributed by atoms with Crippen LogP contribution in [0.4, 0.5) is 0 Å². The van der Waals surface area contributed by atoms with Crippen LogP contribution in [0.5, 0.6) is 0 Å². The second-order valence-corrected chi connectivity index (χ2v) is 5.43. The molecule has 0 spiro atoms. The molecule has 92 valence electrons. The van der Waals surface area contributed by atoms with Crippen molar-refractivity contribution in [3.8, 4) is 0 Å². The van der Waals surface area contributed by atoms with Crippen LogP contribution in [-0.4, -0.2) is 52.8 Å². The van der Waals surface area contributed by atoms with E-state index in [0.29, 0.717) is 14.5 Å². The molecular formula is C7H15Cl3N2O3. The number of aliphatic hydroxyl groups excluding tert-OH is 1. The van der Waals surface area contributed by atoms with E-state index in [1.807, 2.05) is 21.1 Å². The molecule has 0 heterocycles. The lowest BCUT2D eigenvalue weighted by Crippen LogP contribution is -2.43. The molecule has 0 aliphatic heterocycles. The van der Waals surface area contributed by atoms with Gasteiger partial charge in [0, 0.05) is 47.7 Å². The van der Waals surface area contributed by atoms with E-state index in [4.69, 9.17) is 5.11 Å². The number of hydrogen-bond acceptors (Lipinski definition) is 4. The number of hydrogen-bond donors (Lipinski definition) is 1. The maximum absolute atomic E-state index is 10.0. The molecule has 0 aromatic carbocycles. The number of aliphatic hydroxyl groups is 1. The standard InChI is InChI=1S/C7H15NO3.Cl3N/c1-8(2,3)5-6(9)4-7(10)11;1-4(2)3/h6,9H,4-5H2,1-3H3;. The lowest BCUT2D eigenvalue weighted by Gasteiger charge is -2.26. The Morgan fingerprint density at radius 1 is 1.40 bits per heavy atom. The summed E-state index contributed by atoms with van der Waals surface area (Å²) in [7, 11) is 5.66. The van der Waals surface area contributed by atoms with Crippen LogP contribution in [0.15, 0.2) is 0 Å². The average Bonchev–Trinajstić information content (AvgIpc) is 1.76. The fourth-order valence-corrected chi connectivity index (χ4v) is 0.889. The first kappa shape index (κ1) is 17.6. The summed E-state index contributed by atoms with van der Waals surface area (Å²) >= 11 is 13.9. The zero-order valence-electron chi connectivity index (χ0n) is 8.78. The Bertz CT molecular complexity index is 182. The number of carbonyl (C=O) groups is 1. The highest BCUT2D eigenvalue weighted by Gasteiger charge is 2.14. The summed E-state index contributed by atoms with van der Waals surface area (Å²) in [6, 6.07) is 0. The molecule has 0 aromatic rings. The summed E-state index contributed by atoms with van der Waals surface area (Å²) in [5.74, 6) is -1.20. The van der Waals surface area contributed by atoms with Crippen molar-refractivity contribution in [3.05, 3.63) is 0 Å². The molecule has 1 atom stereocenters. The van der Waals surface area contributed by atoms with Crippen LogP contribution in [0.25, 0.3) is 0 Å². The van der Waals surface area contributed by atoms with Gasteiger partial charge >= 0.3 is 0 Å². The van der Waals surface area contributed by atoms with Crippen LogP contribution in [0, 0.1) is 0 Å². The molecule has 15 heavy (non-hydrogen) atoms. The number of aliphatic carboxylic acids is 1. The van der Waals surface area contributed by atoms with E-state index in [-0.39, 0.29) is 6.42 Å². The minimum Gasteiger partial charge on any atom is -0.550 e. The second kappa shape index (κ2) is 8.38. The number of rotatable bonds is 4. The zero-order chi connectivity index (χ0) is 12.6. The van der Waals surface area contributed by atoms with Gasteiger partial charge < -0.3 is 19.5 Å². The van der Waals surface area contributed by atoms with E-state index in [1.54, 1.807) is 0 Å². The molecule has 0 fully saturated rings. The van der Waals surface area contributed by atoms with Gasteiger partial charge in [-0.15, -0.1) is 0 Å². The first-order valence-electron chi connectivity index (χ1n) is 4.00. The van der Waals surface area contributed by atoms with Gasteiger partial charge in [-0.2, -0.15) is 0 Å². The second-order valence-electron chi connectivity index (χ2n) is 3.89. The first-order chi connectivity index (χ1) is 6.54. The summed E-state index contributed by atoms with van der Waals surface area (Å²) in [6.45, 7) is 0.425. The SMILES string of the molecule is C[N+](C)(C)CC(O)CC(=O)[O-].ClN(Cl)Cl. The van der Waals surface area contributed by atoms with Gasteiger partial charge in [0.15, 0.2) is 0 Å². The van der Waals surface area contributed by atoms with Crippen molar-refractivity contribution in [2.75, 3.05) is 27.7 Å². The summed E-state index contributed by atoms with van der Waals surface area (Å²) < 4.78 is 0.967. The van der Waals surface area contributed by atoms with Gasteiger partial charge in [0.05, 0.1) is 21.1 Å². The quantitative estimate of drug-likeness (QED) is 0.579. The normalized spacial score (nSPS) is 13.1. The van der Waals surface area contributed by atoms with E-state index >= 15 is 0 Å². The molecule has 5 nitrogen and oxygen atoms in total. The van der Waals surface area contributed by atoms with E-state index in [9.17, 15) is 9.90 Å². The topological polar surface area (TPSA) is 63.6 Å². The number of nitrogens with zero attached hydrogens (tertiary/aromatic N) is 2. The van der Waals surface area contributed by atoms with Crippen molar-refractivity contribution in [2.24, 2.45) is 0 Å². The maximum Gasteiger partial charge on any atom is 0.108 e. The summed E-state index contributed by atoms with van der Waals surface area (Å²) in [5.41, 5.74) is 0. The first-order valence-corrected chi connectivity index (χ1v) is 5.02. The van der Waals surface area contributed by atoms with Gasteiger partial charge in [-0.05, 0) is 3.46 Å². The highest BCUT2D eigenvalue weighted by Crippen LogP contribution is 1.99. The molecule has 0 aliphatic carbocycles. The Morgan fingerprint density at radius 3 is 1.93 bits per heavy atom. The molecule has 0 radical (unpaired) electrons. The number of carboxylic acids is 1. The van der Waals surface area contributed by atoms with Crippen LogP contribution in [0.3, 0.4) is 0 Å². The zero-order valence-corrected chi connectivity index (χ0v) is 11.1. The van der Waals surface area contributed by atoms with Crippen molar-refractivity contribution in [1.82, 2.24) is 3.46 Å². The molecule has 1 N–H and O–H groups in total. The molecule has 0 bridgehead atoms. The van der Waals surface area contributed by atoms with E-state index in [0.717, 1.165) is 0 Å². The molecule has 8 heteroatoms. The molecule has 0 saturated heterocycles. The van der Waals surface area contributed by atoms with Crippen LogP contribution in [0.2, 0.25) is 0 Å². The molecule has 0 amide bonds. The molecule has 0 aromatic heterocycles. The third-order valence-corrected chi connectivity index (χ3v) is 1.16. The van der Waals surface area contributed by atoms with Crippen molar-refractivity contribution in [3.63, 3.8) is 0 Å². The molecule has 0 saturated carbocycles. The monoisotopic (exact) mass is 280 g/mol. The van der Waals surface area contributed by atoms with Crippen LogP contribution < -0.4 is 5.11 Å². The van der Waals surface area contributed by atoms with E-state index < -0.39 is 12.1 Å². The largest absolute Gasteiger partial charge is 0.550 e. The highest BCUT2D eigenvalue weighted by molar-refractivity contribution is 6.50. The van der Waals surface area contributed by atoms with Crippen LogP contribution in [0.1, 0.15) is 6.42 Å². The number of carbonyl (C=O) groups excluding carboxylic acids is 1. The van der Waals surface area contributed by atoms with Crippen molar-refractivity contribution in [1.29, 1.82) is 0 Å². The molecule has 0 aliphatic rings. The smallest absolute Gasteiger partial charge is 0.108 e. The fourth-order valence-electron chi connectivity index (χ4n) is 0.889. The lowest BCUT2D eigenvalue weighted by atomic mass is 10.2. The average molecular weight is 282 g/mol. The third kappa shape index (κ3) is 25.0. The predicted molar refractivity (Wildman–Crippen MR) is 57.9 cm³/mol. The van der Waals surface area contributed by atoms with Gasteiger partial charge in [0.1, 0.15) is 12.6 Å². The summed E-state index contributed by atoms with van der Waals surface area (Å²) in [5, 5.41) is 19.1. The van der Waals surface area contributed by atoms with Crippen molar-refractivity contribution < 1.29 is 19.5 Å². The van der Waals surface area contributed by atoms with Crippen molar-refractivity contribution >= 4 is 41.3 Å². The van der Waals surface area contributed by atoms with Crippen LogP contribution >= 0.6 is 35.3 Å². The fraction of sp³-hybridized carbons (Fsp3) is 0.857. The minimum absolute atomic E-state index is 0.282. The summed E-state index contributed by atoms with van der Waals surface area (Å²) in [4.78, 5) is 10.0. The lowest BCUT2D eigenvalue weighted by molar-refractivity contribution is -0.873. The Hall–Kier alpha value is 0.220. The minimum atomic E-state index is -1.20. The molecular weight excluding hydrogens is 266 g/mol. The summed E-state index contributed by atoms with van der Waals surface area (Å²) in [6.07, 6.45) is -1.09. The Morgan fingerprint density at radius 2 is 1.73 bits per heavy atom. The van der Waals surface area contributed by atoms with Gasteiger partial charge in [0.25, 0.3) is 0 Å². The van der Waals surface area contributed by atoms with Crippen LogP contribution in [-0.2, 0) is 4.79 Å². The number of carboxylic acid groups (broad SMARTS) is 1. The number of likely N-dealkylation sites (N-methyl/N-ethyl adjacent to an activating group) is 1. The van der Waals surface area contributed by atoms with E-state index in [2.05, 4.69) is 35.3 Å². The Labute approximate surface area is 105 Å². The highest BCUT2D eigenvalue weighted by atomic mass is 35.6. The Balaban J connectivity index is 0. The van der Waals surface area contributed by atoms with Crippen molar-refractivity contribution in [2.45, 2.75) is 12.5 Å². The maximum atomic E-state index is 10.0.